The molecule has 0 bridgehead atoms. The SMILES string of the molecule is C[C@H](C1CC1)N(C)C(=O)N[C@H](C)c1ccc2ccccc2c1. The lowest BCUT2D eigenvalue weighted by molar-refractivity contribution is 0.185. The van der Waals surface area contributed by atoms with Crippen molar-refractivity contribution in [2.75, 3.05) is 7.05 Å². The number of nitrogens with zero attached hydrogens (tertiary/aromatic N) is 1. The van der Waals surface area contributed by atoms with Gasteiger partial charge >= 0.3 is 6.03 Å². The number of carbonyl (C=O) groups is 1. The summed E-state index contributed by atoms with van der Waals surface area (Å²) in [5.74, 6) is 0.687. The van der Waals surface area contributed by atoms with E-state index in [2.05, 4.69) is 42.6 Å². The van der Waals surface area contributed by atoms with Gasteiger partial charge in [0.15, 0.2) is 0 Å². The van der Waals surface area contributed by atoms with E-state index in [9.17, 15) is 4.79 Å². The van der Waals surface area contributed by atoms with Crippen LogP contribution in [0, 0.1) is 5.92 Å². The van der Waals surface area contributed by atoms with Crippen LogP contribution in [-0.4, -0.2) is 24.0 Å². The van der Waals surface area contributed by atoms with Gasteiger partial charge in [-0.1, -0.05) is 36.4 Å². The molecular formula is C19H24N2O. The molecule has 0 spiro atoms. The van der Waals surface area contributed by atoms with Crippen molar-refractivity contribution in [2.45, 2.75) is 38.8 Å². The number of urea groups is 1. The molecule has 3 rings (SSSR count). The molecule has 2 atom stereocenters. The highest BCUT2D eigenvalue weighted by atomic mass is 16.2. The van der Waals surface area contributed by atoms with Crippen LogP contribution in [0.5, 0.6) is 0 Å². The Labute approximate surface area is 132 Å². The molecule has 3 nitrogen and oxygen atoms in total. The summed E-state index contributed by atoms with van der Waals surface area (Å²) in [6.45, 7) is 4.18. The van der Waals surface area contributed by atoms with Gasteiger partial charge in [-0.3, -0.25) is 0 Å². The molecule has 2 aromatic rings. The lowest BCUT2D eigenvalue weighted by atomic mass is 10.0. The number of fused-ring (bicyclic) bond motifs is 1. The Morgan fingerprint density at radius 1 is 1.14 bits per heavy atom. The van der Waals surface area contributed by atoms with Gasteiger partial charge in [0.25, 0.3) is 0 Å². The summed E-state index contributed by atoms with van der Waals surface area (Å²) in [5.41, 5.74) is 1.14. The maximum atomic E-state index is 12.4. The summed E-state index contributed by atoms with van der Waals surface area (Å²) >= 11 is 0. The minimum absolute atomic E-state index is 0.00552. The van der Waals surface area contributed by atoms with Crippen molar-refractivity contribution in [1.82, 2.24) is 10.2 Å². The molecular weight excluding hydrogens is 272 g/mol. The topological polar surface area (TPSA) is 32.3 Å². The first-order chi connectivity index (χ1) is 10.6. The zero-order chi connectivity index (χ0) is 15.7. The number of hydrogen-bond acceptors (Lipinski definition) is 1. The smallest absolute Gasteiger partial charge is 0.317 e. The number of nitrogens with one attached hydrogen (secondary N) is 1. The number of amides is 2. The molecule has 0 aromatic heterocycles. The lowest BCUT2D eigenvalue weighted by Crippen LogP contribution is -2.44. The third-order valence-electron chi connectivity index (χ3n) is 4.85. The van der Waals surface area contributed by atoms with Crippen LogP contribution < -0.4 is 5.32 Å². The van der Waals surface area contributed by atoms with Crippen LogP contribution >= 0.6 is 0 Å². The number of rotatable bonds is 4. The number of carbonyl (C=O) groups excluding carboxylic acids is 1. The summed E-state index contributed by atoms with van der Waals surface area (Å²) in [4.78, 5) is 14.2. The maximum Gasteiger partial charge on any atom is 0.317 e. The standard InChI is InChI=1S/C19H24N2O/c1-13(20-19(22)21(3)14(2)15-8-9-15)17-11-10-16-6-4-5-7-18(16)12-17/h4-7,10-15H,8-9H2,1-3H3,(H,20,22)/t13-,14-/m1/s1. The third-order valence-corrected chi connectivity index (χ3v) is 4.85. The van der Waals surface area contributed by atoms with Gasteiger partial charge < -0.3 is 10.2 Å². The normalized spacial score (nSPS) is 17.0. The predicted octanol–water partition coefficient (Wildman–Crippen LogP) is 4.34. The van der Waals surface area contributed by atoms with Crippen LogP contribution in [0.15, 0.2) is 42.5 Å². The second kappa shape index (κ2) is 5.99. The van der Waals surface area contributed by atoms with E-state index < -0.39 is 0 Å². The van der Waals surface area contributed by atoms with E-state index in [1.165, 1.54) is 23.6 Å². The fourth-order valence-corrected chi connectivity index (χ4v) is 2.93. The molecule has 1 aliphatic rings. The Balaban J connectivity index is 1.69. The van der Waals surface area contributed by atoms with Gasteiger partial charge in [-0.05, 0) is 55.0 Å². The summed E-state index contributed by atoms with van der Waals surface area (Å²) in [7, 11) is 1.89. The average molecular weight is 296 g/mol. The summed E-state index contributed by atoms with van der Waals surface area (Å²) in [6.07, 6.45) is 2.50. The highest BCUT2D eigenvalue weighted by Gasteiger charge is 2.32. The minimum atomic E-state index is 0.00552. The molecule has 1 aliphatic carbocycles. The predicted molar refractivity (Wildman–Crippen MR) is 90.8 cm³/mol. The molecule has 0 aliphatic heterocycles. The molecule has 116 valence electrons. The van der Waals surface area contributed by atoms with Crippen molar-refractivity contribution in [3.05, 3.63) is 48.0 Å². The molecule has 22 heavy (non-hydrogen) atoms. The number of benzene rings is 2. The monoisotopic (exact) mass is 296 g/mol. The van der Waals surface area contributed by atoms with Crippen molar-refractivity contribution in [1.29, 1.82) is 0 Å². The quantitative estimate of drug-likeness (QED) is 0.894. The molecule has 1 fully saturated rings. The third kappa shape index (κ3) is 3.08. The van der Waals surface area contributed by atoms with Gasteiger partial charge in [0, 0.05) is 13.1 Å². The van der Waals surface area contributed by atoms with E-state index in [1.807, 2.05) is 31.0 Å². The molecule has 0 radical (unpaired) electrons. The Bertz CT molecular complexity index is 678. The highest BCUT2D eigenvalue weighted by Crippen LogP contribution is 2.34. The Hall–Kier alpha value is -2.03. The van der Waals surface area contributed by atoms with E-state index >= 15 is 0 Å². The van der Waals surface area contributed by atoms with Crippen molar-refractivity contribution < 1.29 is 4.79 Å². The maximum absolute atomic E-state index is 12.4. The zero-order valence-electron chi connectivity index (χ0n) is 13.5. The average Bonchev–Trinajstić information content (AvgIpc) is 3.37. The van der Waals surface area contributed by atoms with Crippen molar-refractivity contribution in [3.63, 3.8) is 0 Å². The molecule has 2 amide bonds. The van der Waals surface area contributed by atoms with Crippen LogP contribution in [0.3, 0.4) is 0 Å². The van der Waals surface area contributed by atoms with E-state index in [0.29, 0.717) is 12.0 Å². The van der Waals surface area contributed by atoms with Crippen LogP contribution in [0.4, 0.5) is 4.79 Å². The first kappa shape index (κ1) is 14.9. The van der Waals surface area contributed by atoms with Crippen LogP contribution in [0.2, 0.25) is 0 Å². The fraction of sp³-hybridized carbons (Fsp3) is 0.421. The fourth-order valence-electron chi connectivity index (χ4n) is 2.93. The Morgan fingerprint density at radius 3 is 2.50 bits per heavy atom. The summed E-state index contributed by atoms with van der Waals surface area (Å²) in [6, 6.07) is 15.0. The minimum Gasteiger partial charge on any atom is -0.331 e. The van der Waals surface area contributed by atoms with Crippen molar-refractivity contribution >= 4 is 16.8 Å². The van der Waals surface area contributed by atoms with E-state index in [0.717, 1.165) is 5.56 Å². The van der Waals surface area contributed by atoms with Crippen LogP contribution in [0.1, 0.15) is 38.3 Å². The molecule has 1 saturated carbocycles. The second-order valence-corrected chi connectivity index (χ2v) is 6.47. The van der Waals surface area contributed by atoms with E-state index in [4.69, 9.17) is 0 Å². The number of hydrogen-bond donors (Lipinski definition) is 1. The van der Waals surface area contributed by atoms with Gasteiger partial charge in [-0.25, -0.2) is 4.79 Å². The Morgan fingerprint density at radius 2 is 1.82 bits per heavy atom. The molecule has 1 N–H and O–H groups in total. The van der Waals surface area contributed by atoms with Crippen LogP contribution in [0.25, 0.3) is 10.8 Å². The van der Waals surface area contributed by atoms with E-state index in [-0.39, 0.29) is 12.1 Å². The molecule has 0 saturated heterocycles. The van der Waals surface area contributed by atoms with Crippen LogP contribution in [-0.2, 0) is 0 Å². The molecule has 3 heteroatoms. The van der Waals surface area contributed by atoms with Gasteiger partial charge in [0.2, 0.25) is 0 Å². The lowest BCUT2D eigenvalue weighted by Gasteiger charge is -2.27. The highest BCUT2D eigenvalue weighted by molar-refractivity contribution is 5.83. The molecule has 0 heterocycles. The van der Waals surface area contributed by atoms with Gasteiger partial charge in [0.1, 0.15) is 0 Å². The summed E-state index contributed by atoms with van der Waals surface area (Å²) < 4.78 is 0. The van der Waals surface area contributed by atoms with Gasteiger partial charge in [-0.15, -0.1) is 0 Å². The first-order valence-electron chi connectivity index (χ1n) is 8.08. The van der Waals surface area contributed by atoms with Crippen molar-refractivity contribution in [3.8, 4) is 0 Å². The largest absolute Gasteiger partial charge is 0.331 e. The summed E-state index contributed by atoms with van der Waals surface area (Å²) in [5, 5.41) is 5.55. The first-order valence-corrected chi connectivity index (χ1v) is 8.08. The van der Waals surface area contributed by atoms with Gasteiger partial charge in [0.05, 0.1) is 6.04 Å². The van der Waals surface area contributed by atoms with Gasteiger partial charge in [-0.2, -0.15) is 0 Å². The zero-order valence-corrected chi connectivity index (χ0v) is 13.5. The molecule has 0 unspecified atom stereocenters. The van der Waals surface area contributed by atoms with E-state index in [1.54, 1.807) is 0 Å². The molecule has 2 aromatic carbocycles. The van der Waals surface area contributed by atoms with Crippen molar-refractivity contribution in [2.24, 2.45) is 5.92 Å². The Kier molecular flexibility index (Phi) is 4.06. The second-order valence-electron chi connectivity index (χ2n) is 6.47.